The van der Waals surface area contributed by atoms with Gasteiger partial charge in [-0.25, -0.2) is 0 Å². The molecule has 1 saturated heterocycles. The molecule has 0 radical (unpaired) electrons. The van der Waals surface area contributed by atoms with Gasteiger partial charge in [-0.3, -0.25) is 0 Å². The summed E-state index contributed by atoms with van der Waals surface area (Å²) >= 11 is 3.52. The van der Waals surface area contributed by atoms with E-state index >= 15 is 0 Å². The van der Waals surface area contributed by atoms with E-state index in [4.69, 9.17) is 4.74 Å². The van der Waals surface area contributed by atoms with Gasteiger partial charge in [-0.1, -0.05) is 22.9 Å². The molecule has 1 aliphatic rings. The molecule has 0 bridgehead atoms. The second-order valence-electron chi connectivity index (χ2n) is 5.07. The van der Waals surface area contributed by atoms with Crippen molar-refractivity contribution in [2.24, 2.45) is 0 Å². The maximum absolute atomic E-state index is 5.41. The molecule has 0 saturated carbocycles. The van der Waals surface area contributed by atoms with Crippen LogP contribution in [-0.4, -0.2) is 37.7 Å². The second-order valence-corrected chi connectivity index (χ2v) is 5.99. The minimum absolute atomic E-state index is 0.595. The minimum Gasteiger partial charge on any atom is -0.496 e. The number of nitrogens with zero attached hydrogens (tertiary/aromatic N) is 1. The van der Waals surface area contributed by atoms with E-state index in [2.05, 4.69) is 39.1 Å². The molecular weight excluding hydrogens is 304 g/mol. The van der Waals surface area contributed by atoms with Gasteiger partial charge in [0.2, 0.25) is 0 Å². The first-order chi connectivity index (χ1) is 9.22. The molecular formula is C15H23BrN2O. The molecule has 1 unspecified atom stereocenters. The Kier molecular flexibility index (Phi) is 5.67. The molecule has 1 aromatic rings. The fourth-order valence-electron chi connectivity index (χ4n) is 2.65. The van der Waals surface area contributed by atoms with Gasteiger partial charge in [-0.05, 0) is 44.1 Å². The quantitative estimate of drug-likeness (QED) is 0.900. The first-order valence-electron chi connectivity index (χ1n) is 7.01. The van der Waals surface area contributed by atoms with Gasteiger partial charge in [0.25, 0.3) is 0 Å². The topological polar surface area (TPSA) is 24.5 Å². The zero-order valence-corrected chi connectivity index (χ0v) is 13.4. The van der Waals surface area contributed by atoms with E-state index in [9.17, 15) is 0 Å². The van der Waals surface area contributed by atoms with E-state index in [0.717, 1.165) is 29.9 Å². The number of hydrogen-bond donors (Lipinski definition) is 1. The lowest BCUT2D eigenvalue weighted by Gasteiger charge is -2.32. The molecule has 0 spiro atoms. The molecule has 1 aromatic carbocycles. The van der Waals surface area contributed by atoms with Crippen molar-refractivity contribution in [2.45, 2.75) is 32.4 Å². The highest BCUT2D eigenvalue weighted by Crippen LogP contribution is 2.23. The van der Waals surface area contributed by atoms with Crippen molar-refractivity contribution in [1.82, 2.24) is 10.2 Å². The van der Waals surface area contributed by atoms with Crippen LogP contribution in [0.3, 0.4) is 0 Å². The standard InChI is InChI=1S/C15H23BrN2O/c1-3-18-8-4-5-14(11-18)17-10-12-9-13(16)6-7-15(12)19-2/h6-7,9,14,17H,3-5,8,10-11H2,1-2H3. The van der Waals surface area contributed by atoms with Gasteiger partial charge in [0.1, 0.15) is 5.75 Å². The second kappa shape index (κ2) is 7.27. The number of methoxy groups -OCH3 is 1. The molecule has 19 heavy (non-hydrogen) atoms. The molecule has 0 aromatic heterocycles. The van der Waals surface area contributed by atoms with Crippen LogP contribution in [0.25, 0.3) is 0 Å². The van der Waals surface area contributed by atoms with Crippen molar-refractivity contribution in [3.8, 4) is 5.75 Å². The van der Waals surface area contributed by atoms with E-state index in [-0.39, 0.29) is 0 Å². The summed E-state index contributed by atoms with van der Waals surface area (Å²) in [6.45, 7) is 6.66. The summed E-state index contributed by atoms with van der Waals surface area (Å²) in [5.74, 6) is 0.957. The molecule has 3 nitrogen and oxygen atoms in total. The summed E-state index contributed by atoms with van der Waals surface area (Å²) in [6, 6.07) is 6.76. The highest BCUT2D eigenvalue weighted by atomic mass is 79.9. The van der Waals surface area contributed by atoms with Crippen LogP contribution in [0.15, 0.2) is 22.7 Å². The lowest BCUT2D eigenvalue weighted by atomic mass is 10.1. The summed E-state index contributed by atoms with van der Waals surface area (Å²) in [5.41, 5.74) is 1.21. The molecule has 1 fully saturated rings. The van der Waals surface area contributed by atoms with Gasteiger partial charge < -0.3 is 15.0 Å². The zero-order chi connectivity index (χ0) is 13.7. The summed E-state index contributed by atoms with van der Waals surface area (Å²) in [4.78, 5) is 2.51. The predicted molar refractivity (Wildman–Crippen MR) is 82.7 cm³/mol. The Morgan fingerprint density at radius 3 is 3.05 bits per heavy atom. The van der Waals surface area contributed by atoms with Crippen LogP contribution in [0.2, 0.25) is 0 Å². The number of ether oxygens (including phenoxy) is 1. The fraction of sp³-hybridized carbons (Fsp3) is 0.600. The number of halogens is 1. The number of piperidine rings is 1. The number of hydrogen-bond acceptors (Lipinski definition) is 3. The molecule has 0 aliphatic carbocycles. The highest BCUT2D eigenvalue weighted by molar-refractivity contribution is 9.10. The van der Waals surface area contributed by atoms with E-state index in [1.807, 2.05) is 12.1 Å². The van der Waals surface area contributed by atoms with Crippen molar-refractivity contribution in [2.75, 3.05) is 26.7 Å². The van der Waals surface area contributed by atoms with Crippen molar-refractivity contribution < 1.29 is 4.74 Å². The third kappa shape index (κ3) is 4.20. The van der Waals surface area contributed by atoms with E-state index in [1.165, 1.54) is 24.9 Å². The highest BCUT2D eigenvalue weighted by Gasteiger charge is 2.18. The third-order valence-corrected chi connectivity index (χ3v) is 4.27. The van der Waals surface area contributed by atoms with Gasteiger partial charge in [-0.15, -0.1) is 0 Å². The first kappa shape index (κ1) is 14.8. The molecule has 4 heteroatoms. The number of rotatable bonds is 5. The molecule has 0 amide bonds. The Morgan fingerprint density at radius 2 is 2.32 bits per heavy atom. The monoisotopic (exact) mass is 326 g/mol. The van der Waals surface area contributed by atoms with Crippen LogP contribution in [-0.2, 0) is 6.54 Å². The number of benzene rings is 1. The Bertz CT molecular complexity index is 411. The lowest BCUT2D eigenvalue weighted by Crippen LogP contribution is -2.45. The smallest absolute Gasteiger partial charge is 0.123 e. The van der Waals surface area contributed by atoms with Crippen molar-refractivity contribution in [3.05, 3.63) is 28.2 Å². The van der Waals surface area contributed by atoms with Crippen LogP contribution < -0.4 is 10.1 Å². The maximum atomic E-state index is 5.41. The molecule has 1 heterocycles. The van der Waals surface area contributed by atoms with Crippen LogP contribution in [0.4, 0.5) is 0 Å². The average molecular weight is 327 g/mol. The van der Waals surface area contributed by atoms with Crippen LogP contribution >= 0.6 is 15.9 Å². The average Bonchev–Trinajstić information content (AvgIpc) is 2.45. The summed E-state index contributed by atoms with van der Waals surface area (Å²) in [6.07, 6.45) is 2.56. The van der Waals surface area contributed by atoms with Crippen LogP contribution in [0.5, 0.6) is 5.75 Å². The Balaban J connectivity index is 1.92. The lowest BCUT2D eigenvalue weighted by molar-refractivity contribution is 0.198. The largest absolute Gasteiger partial charge is 0.496 e. The van der Waals surface area contributed by atoms with Crippen LogP contribution in [0.1, 0.15) is 25.3 Å². The van der Waals surface area contributed by atoms with Crippen molar-refractivity contribution >= 4 is 15.9 Å². The van der Waals surface area contributed by atoms with E-state index in [0.29, 0.717) is 6.04 Å². The van der Waals surface area contributed by atoms with Crippen molar-refractivity contribution in [3.63, 3.8) is 0 Å². The maximum Gasteiger partial charge on any atom is 0.123 e. The summed E-state index contributed by atoms with van der Waals surface area (Å²) < 4.78 is 6.51. The normalized spacial score (nSPS) is 20.5. The van der Waals surface area contributed by atoms with Gasteiger partial charge in [0, 0.05) is 29.2 Å². The molecule has 1 aliphatic heterocycles. The Hall–Kier alpha value is -0.580. The Labute approximate surface area is 124 Å². The summed E-state index contributed by atoms with van der Waals surface area (Å²) in [7, 11) is 1.73. The van der Waals surface area contributed by atoms with Gasteiger partial charge in [0.15, 0.2) is 0 Å². The van der Waals surface area contributed by atoms with Gasteiger partial charge in [0.05, 0.1) is 7.11 Å². The number of nitrogens with one attached hydrogen (secondary N) is 1. The molecule has 106 valence electrons. The fourth-order valence-corrected chi connectivity index (χ4v) is 3.06. The first-order valence-corrected chi connectivity index (χ1v) is 7.80. The van der Waals surface area contributed by atoms with E-state index in [1.54, 1.807) is 7.11 Å². The molecule has 1 atom stereocenters. The van der Waals surface area contributed by atoms with Gasteiger partial charge >= 0.3 is 0 Å². The van der Waals surface area contributed by atoms with Crippen molar-refractivity contribution in [1.29, 1.82) is 0 Å². The van der Waals surface area contributed by atoms with Gasteiger partial charge in [-0.2, -0.15) is 0 Å². The Morgan fingerprint density at radius 1 is 1.47 bits per heavy atom. The molecule has 2 rings (SSSR count). The number of likely N-dealkylation sites (tertiary alicyclic amines) is 1. The minimum atomic E-state index is 0.595. The van der Waals surface area contributed by atoms with E-state index < -0.39 is 0 Å². The number of likely N-dealkylation sites (N-methyl/N-ethyl adjacent to an activating group) is 1. The molecule has 1 N–H and O–H groups in total. The zero-order valence-electron chi connectivity index (χ0n) is 11.8. The summed E-state index contributed by atoms with van der Waals surface area (Å²) in [5, 5.41) is 3.66. The predicted octanol–water partition coefficient (Wildman–Crippen LogP) is 3.03. The third-order valence-electron chi connectivity index (χ3n) is 3.78. The SMILES string of the molecule is CCN1CCCC(NCc2cc(Br)ccc2OC)C1. The van der Waals surface area contributed by atoms with Crippen LogP contribution in [0, 0.1) is 0 Å².